The predicted molar refractivity (Wildman–Crippen MR) is 131 cm³/mol. The molecule has 1 aromatic heterocycles. The van der Waals surface area contributed by atoms with Crippen molar-refractivity contribution in [1.29, 1.82) is 0 Å². The number of amides is 1. The number of hydrogen-bond donors (Lipinski definition) is 2. The number of carboxylic acid groups (broad SMARTS) is 1. The van der Waals surface area contributed by atoms with Crippen molar-refractivity contribution in [2.45, 2.75) is 77.9 Å². The molecule has 0 saturated heterocycles. The van der Waals surface area contributed by atoms with Gasteiger partial charge in [0.2, 0.25) is 5.91 Å². The zero-order valence-electron chi connectivity index (χ0n) is 19.8. The van der Waals surface area contributed by atoms with Crippen LogP contribution < -0.4 is 4.90 Å². The van der Waals surface area contributed by atoms with E-state index in [4.69, 9.17) is 9.84 Å². The van der Waals surface area contributed by atoms with Crippen molar-refractivity contribution >= 4 is 28.9 Å². The summed E-state index contributed by atoms with van der Waals surface area (Å²) in [6.45, 7) is 6.39. The Hall–Kier alpha value is -2.14. The highest BCUT2D eigenvalue weighted by Gasteiger charge is 2.36. The van der Waals surface area contributed by atoms with E-state index < -0.39 is 5.97 Å². The van der Waals surface area contributed by atoms with Crippen LogP contribution in [0.3, 0.4) is 0 Å². The van der Waals surface area contributed by atoms with Gasteiger partial charge < -0.3 is 19.8 Å². The molecular weight excluding hydrogens is 438 g/mol. The van der Waals surface area contributed by atoms with Crippen LogP contribution in [0.5, 0.6) is 0 Å². The first-order valence-electron chi connectivity index (χ1n) is 11.9. The van der Waals surface area contributed by atoms with Gasteiger partial charge >= 0.3 is 5.97 Å². The average molecular weight is 474 g/mol. The molecule has 3 rings (SSSR count). The normalized spacial score (nSPS) is 22.9. The van der Waals surface area contributed by atoms with E-state index in [2.05, 4.69) is 24.8 Å². The van der Waals surface area contributed by atoms with Gasteiger partial charge in [0.1, 0.15) is 4.88 Å². The van der Waals surface area contributed by atoms with E-state index in [1.54, 1.807) is 11.0 Å². The van der Waals surface area contributed by atoms with E-state index in [1.807, 2.05) is 13.8 Å². The summed E-state index contributed by atoms with van der Waals surface area (Å²) in [5, 5.41) is 19.0. The number of hydrogen-bond acceptors (Lipinski definition) is 5. The fourth-order valence-corrected chi connectivity index (χ4v) is 5.41. The number of anilines is 1. The lowest BCUT2D eigenvalue weighted by molar-refractivity contribution is -0.123. The summed E-state index contributed by atoms with van der Waals surface area (Å²) in [6.07, 6.45) is 7.63. The van der Waals surface area contributed by atoms with Crippen molar-refractivity contribution in [3.8, 4) is 11.8 Å². The third-order valence-corrected chi connectivity index (χ3v) is 7.36. The number of aromatic carboxylic acids is 1. The van der Waals surface area contributed by atoms with Gasteiger partial charge in [0.15, 0.2) is 0 Å². The third kappa shape index (κ3) is 6.69. The maximum atomic E-state index is 13.8. The van der Waals surface area contributed by atoms with Crippen molar-refractivity contribution in [2.75, 3.05) is 18.1 Å². The minimum atomic E-state index is -1.02. The fourth-order valence-electron chi connectivity index (χ4n) is 4.56. The second kappa shape index (κ2) is 11.8. The average Bonchev–Trinajstić information content (AvgIpc) is 3.22. The SMILES string of the molecule is CC1=CCC(C(=O)N(c2cc(C#CC(C)C)sc2C(=O)O)C2CCC(OCCO)CC2)CC1. The molecule has 2 aliphatic carbocycles. The smallest absolute Gasteiger partial charge is 0.348 e. The van der Waals surface area contributed by atoms with E-state index >= 15 is 0 Å². The Morgan fingerprint density at radius 2 is 1.97 bits per heavy atom. The number of carbonyl (C=O) groups is 2. The molecule has 180 valence electrons. The Morgan fingerprint density at radius 3 is 2.55 bits per heavy atom. The number of aliphatic hydroxyl groups excluding tert-OH is 1. The lowest BCUT2D eigenvalue weighted by atomic mass is 9.86. The molecule has 0 radical (unpaired) electrons. The van der Waals surface area contributed by atoms with Crippen LogP contribution in [-0.2, 0) is 9.53 Å². The first kappa shape index (κ1) is 25.5. The number of ether oxygens (including phenoxy) is 1. The summed E-state index contributed by atoms with van der Waals surface area (Å²) >= 11 is 1.15. The molecule has 0 spiro atoms. The number of aliphatic hydroxyl groups is 1. The van der Waals surface area contributed by atoms with Gasteiger partial charge in [-0.2, -0.15) is 0 Å². The molecule has 0 aliphatic heterocycles. The van der Waals surface area contributed by atoms with E-state index in [0.29, 0.717) is 23.6 Å². The molecule has 1 aromatic rings. The van der Waals surface area contributed by atoms with Gasteiger partial charge in [-0.1, -0.05) is 37.3 Å². The van der Waals surface area contributed by atoms with Crippen LogP contribution in [-0.4, -0.2) is 47.4 Å². The largest absolute Gasteiger partial charge is 0.477 e. The molecule has 0 bridgehead atoms. The molecule has 2 N–H and O–H groups in total. The van der Waals surface area contributed by atoms with Gasteiger partial charge in [0.25, 0.3) is 0 Å². The molecule has 1 fully saturated rings. The van der Waals surface area contributed by atoms with Gasteiger partial charge in [0, 0.05) is 17.9 Å². The highest BCUT2D eigenvalue weighted by molar-refractivity contribution is 7.15. The highest BCUT2D eigenvalue weighted by Crippen LogP contribution is 2.38. The number of nitrogens with zero attached hydrogens (tertiary/aromatic N) is 1. The monoisotopic (exact) mass is 473 g/mol. The molecule has 1 heterocycles. The number of allylic oxidation sites excluding steroid dienone is 2. The van der Waals surface area contributed by atoms with Gasteiger partial charge in [-0.15, -0.1) is 11.3 Å². The van der Waals surface area contributed by atoms with Crippen LogP contribution in [0, 0.1) is 23.7 Å². The Balaban J connectivity index is 1.93. The maximum absolute atomic E-state index is 13.8. The summed E-state index contributed by atoms with van der Waals surface area (Å²) in [5.74, 6) is 5.22. The Morgan fingerprint density at radius 1 is 1.24 bits per heavy atom. The van der Waals surface area contributed by atoms with Crippen LogP contribution in [0.25, 0.3) is 0 Å². The quantitative estimate of drug-likeness (QED) is 0.437. The Bertz CT molecular complexity index is 930. The lowest BCUT2D eigenvalue weighted by Crippen LogP contribution is -2.47. The Labute approximate surface area is 200 Å². The summed E-state index contributed by atoms with van der Waals surface area (Å²) in [6, 6.07) is 1.72. The summed E-state index contributed by atoms with van der Waals surface area (Å²) < 4.78 is 5.70. The molecule has 1 amide bonds. The van der Waals surface area contributed by atoms with Crippen LogP contribution in [0.2, 0.25) is 0 Å². The first-order valence-corrected chi connectivity index (χ1v) is 12.7. The van der Waals surface area contributed by atoms with Crippen LogP contribution in [0.15, 0.2) is 17.7 Å². The van der Waals surface area contributed by atoms with Crippen molar-refractivity contribution in [1.82, 2.24) is 0 Å². The van der Waals surface area contributed by atoms with Crippen LogP contribution in [0.4, 0.5) is 5.69 Å². The molecule has 2 aliphatic rings. The molecule has 1 saturated carbocycles. The van der Waals surface area contributed by atoms with E-state index in [0.717, 1.165) is 49.9 Å². The lowest BCUT2D eigenvalue weighted by Gasteiger charge is -2.38. The van der Waals surface area contributed by atoms with Crippen molar-refractivity contribution in [3.63, 3.8) is 0 Å². The summed E-state index contributed by atoms with van der Waals surface area (Å²) in [5.41, 5.74) is 1.79. The predicted octanol–water partition coefficient (Wildman–Crippen LogP) is 4.85. The fraction of sp³-hybridized carbons (Fsp3) is 0.615. The molecule has 33 heavy (non-hydrogen) atoms. The summed E-state index contributed by atoms with van der Waals surface area (Å²) in [4.78, 5) is 28.6. The standard InChI is InChI=1S/C26H35NO5S/c1-17(2)4-13-22-16-23(24(33-22)26(30)31)27(25(29)19-7-5-18(3)6-8-19)20-9-11-21(12-10-20)32-15-14-28/h5,16-17,19-21,28H,6-12,14-15H2,1-3H3,(H,30,31). The minimum absolute atomic E-state index is 0.00375. The molecule has 1 atom stereocenters. The third-order valence-electron chi connectivity index (χ3n) is 6.33. The topological polar surface area (TPSA) is 87.1 Å². The van der Waals surface area contributed by atoms with E-state index in [1.165, 1.54) is 5.57 Å². The van der Waals surface area contributed by atoms with E-state index in [-0.39, 0.29) is 41.4 Å². The number of thiophene rings is 1. The second-order valence-corrected chi connectivity index (χ2v) is 10.4. The molecular formula is C26H35NO5S. The molecule has 7 heteroatoms. The Kier molecular flexibility index (Phi) is 9.13. The van der Waals surface area contributed by atoms with Crippen LogP contribution in [0.1, 0.15) is 80.3 Å². The molecule has 0 aromatic carbocycles. The van der Waals surface area contributed by atoms with Crippen LogP contribution >= 0.6 is 11.3 Å². The van der Waals surface area contributed by atoms with Gasteiger partial charge in [-0.05, 0) is 57.9 Å². The molecule has 6 nitrogen and oxygen atoms in total. The van der Waals surface area contributed by atoms with Crippen molar-refractivity contribution in [2.24, 2.45) is 11.8 Å². The number of carbonyl (C=O) groups excluding carboxylic acids is 1. The van der Waals surface area contributed by atoms with Crippen molar-refractivity contribution < 1.29 is 24.5 Å². The van der Waals surface area contributed by atoms with E-state index in [9.17, 15) is 14.7 Å². The molecule has 1 unspecified atom stereocenters. The van der Waals surface area contributed by atoms with Gasteiger partial charge in [-0.3, -0.25) is 4.79 Å². The zero-order chi connectivity index (χ0) is 24.0. The van der Waals surface area contributed by atoms with Gasteiger partial charge in [-0.25, -0.2) is 4.79 Å². The summed E-state index contributed by atoms with van der Waals surface area (Å²) in [7, 11) is 0. The minimum Gasteiger partial charge on any atom is -0.477 e. The number of carboxylic acids is 1. The number of rotatable bonds is 7. The van der Waals surface area contributed by atoms with Crippen molar-refractivity contribution in [3.05, 3.63) is 27.5 Å². The van der Waals surface area contributed by atoms with Gasteiger partial charge in [0.05, 0.1) is 29.9 Å². The second-order valence-electron chi connectivity index (χ2n) is 9.31. The first-order chi connectivity index (χ1) is 15.8. The zero-order valence-corrected chi connectivity index (χ0v) is 20.6. The maximum Gasteiger partial charge on any atom is 0.348 e. The highest BCUT2D eigenvalue weighted by atomic mass is 32.1.